The average molecular weight is 481 g/mol. The number of nitrogens with zero attached hydrogens (tertiary/aromatic N) is 2. The van der Waals surface area contributed by atoms with Crippen molar-refractivity contribution in [2.45, 2.75) is 39.3 Å². The highest BCUT2D eigenvalue weighted by atomic mass is 35.5. The van der Waals surface area contributed by atoms with Gasteiger partial charge in [0.15, 0.2) is 0 Å². The van der Waals surface area contributed by atoms with Gasteiger partial charge >= 0.3 is 6.18 Å². The Hall–Kier alpha value is -1.32. The van der Waals surface area contributed by atoms with Crippen molar-refractivity contribution >= 4 is 33.9 Å². The highest BCUT2D eigenvalue weighted by Gasteiger charge is 2.65. The van der Waals surface area contributed by atoms with Crippen LogP contribution < -0.4 is 4.90 Å². The molecule has 4 rings (SSSR count). The van der Waals surface area contributed by atoms with Crippen LogP contribution in [-0.4, -0.2) is 50.4 Å². The lowest BCUT2D eigenvalue weighted by atomic mass is 9.70. The monoisotopic (exact) mass is 480 g/mol. The molecule has 10 heteroatoms. The number of halogens is 4. The Labute approximate surface area is 187 Å². The number of rotatable bonds is 4. The quantitative estimate of drug-likeness (QED) is 0.654. The zero-order valence-electron chi connectivity index (χ0n) is 17.6. The molecule has 174 valence electrons. The molecule has 0 amide bonds. The summed E-state index contributed by atoms with van der Waals surface area (Å²) in [6.07, 6.45) is -2.45. The van der Waals surface area contributed by atoms with Crippen molar-refractivity contribution in [1.29, 1.82) is 0 Å². The average Bonchev–Trinajstić information content (AvgIpc) is 3.01. The summed E-state index contributed by atoms with van der Waals surface area (Å²) in [4.78, 5) is 14.5. The fourth-order valence-corrected chi connectivity index (χ4v) is 7.82. The van der Waals surface area contributed by atoms with Crippen molar-refractivity contribution in [1.82, 2.24) is 4.31 Å². The molecule has 1 aliphatic heterocycles. The molecule has 2 aliphatic carbocycles. The third-order valence-corrected chi connectivity index (χ3v) is 9.75. The number of alkyl halides is 3. The number of ketones is 1. The molecule has 5 nitrogen and oxygen atoms in total. The van der Waals surface area contributed by atoms with E-state index in [1.807, 2.05) is 13.8 Å². The van der Waals surface area contributed by atoms with E-state index in [4.69, 9.17) is 0 Å². The lowest BCUT2D eigenvalue weighted by Crippen LogP contribution is -2.52. The van der Waals surface area contributed by atoms with Crippen molar-refractivity contribution in [2.24, 2.45) is 16.7 Å². The van der Waals surface area contributed by atoms with Crippen LogP contribution in [0.2, 0.25) is 0 Å². The van der Waals surface area contributed by atoms with Crippen LogP contribution in [-0.2, 0) is 21.0 Å². The normalized spacial score (nSPS) is 28.6. The molecule has 0 radical (unpaired) electrons. The Morgan fingerprint density at radius 2 is 1.77 bits per heavy atom. The molecular weight excluding hydrogens is 453 g/mol. The van der Waals surface area contributed by atoms with Gasteiger partial charge in [0.25, 0.3) is 0 Å². The first-order valence-electron chi connectivity index (χ1n) is 10.3. The molecule has 1 heterocycles. The maximum atomic E-state index is 13.2. The molecule has 2 bridgehead atoms. The second-order valence-electron chi connectivity index (χ2n) is 9.36. The van der Waals surface area contributed by atoms with Crippen LogP contribution in [0.25, 0.3) is 0 Å². The highest BCUT2D eigenvalue weighted by Crippen LogP contribution is 2.64. The molecule has 2 atom stereocenters. The number of hydrogen-bond acceptors (Lipinski definition) is 4. The lowest BCUT2D eigenvalue weighted by Gasteiger charge is -2.40. The summed E-state index contributed by atoms with van der Waals surface area (Å²) in [6, 6.07) is 5.10. The standard InChI is InChI=1S/C21H27F3N2O3S.ClH/c1-19(2)15-6-7-20(19,18(27)13-15)14-30(28,29)26-10-8-25(9-11-26)17-5-3-4-16(12-17)21(22,23)24;/h3-5,12,15H,6-11,13-14H2,1-2H3;1H. The van der Waals surface area contributed by atoms with E-state index in [-0.39, 0.29) is 48.4 Å². The summed E-state index contributed by atoms with van der Waals surface area (Å²) < 4.78 is 66.7. The third kappa shape index (κ3) is 3.97. The molecular formula is C21H28ClF3N2O3S. The van der Waals surface area contributed by atoms with Crippen LogP contribution in [0.15, 0.2) is 24.3 Å². The summed E-state index contributed by atoms with van der Waals surface area (Å²) in [5.41, 5.74) is -1.41. The van der Waals surface area contributed by atoms with Gasteiger partial charge in [-0.2, -0.15) is 17.5 Å². The predicted octanol–water partition coefficient (Wildman–Crippen LogP) is 3.97. The smallest absolute Gasteiger partial charge is 0.369 e. The first-order chi connectivity index (χ1) is 13.9. The van der Waals surface area contributed by atoms with Crippen molar-refractivity contribution in [3.63, 3.8) is 0 Å². The maximum absolute atomic E-state index is 13.2. The van der Waals surface area contributed by atoms with E-state index < -0.39 is 27.2 Å². The number of sulfonamides is 1. The largest absolute Gasteiger partial charge is 0.416 e. The van der Waals surface area contributed by atoms with Crippen LogP contribution >= 0.6 is 12.4 Å². The Kier molecular flexibility index (Phi) is 6.21. The van der Waals surface area contributed by atoms with Gasteiger partial charge in [0.2, 0.25) is 10.0 Å². The van der Waals surface area contributed by atoms with E-state index in [9.17, 15) is 26.4 Å². The molecule has 2 saturated carbocycles. The second-order valence-corrected chi connectivity index (χ2v) is 11.3. The van der Waals surface area contributed by atoms with E-state index in [0.29, 0.717) is 31.6 Å². The Morgan fingerprint density at radius 3 is 2.29 bits per heavy atom. The van der Waals surface area contributed by atoms with Gasteiger partial charge in [0.1, 0.15) is 5.78 Å². The molecule has 0 aromatic heterocycles. The summed E-state index contributed by atoms with van der Waals surface area (Å²) >= 11 is 0. The van der Waals surface area contributed by atoms with Gasteiger partial charge in [-0.3, -0.25) is 4.79 Å². The number of Topliss-reactive ketones (excluding diaryl/α,β-unsaturated/α-hetero) is 1. The molecule has 3 fully saturated rings. The van der Waals surface area contributed by atoms with Crippen LogP contribution in [0.4, 0.5) is 18.9 Å². The van der Waals surface area contributed by atoms with Gasteiger partial charge < -0.3 is 4.90 Å². The molecule has 1 aromatic carbocycles. The van der Waals surface area contributed by atoms with Crippen LogP contribution in [0.5, 0.6) is 0 Å². The van der Waals surface area contributed by atoms with Gasteiger partial charge in [-0.25, -0.2) is 8.42 Å². The summed E-state index contributed by atoms with van der Waals surface area (Å²) in [5.74, 6) is 0.152. The Balaban J connectivity index is 0.00000272. The molecule has 31 heavy (non-hydrogen) atoms. The topological polar surface area (TPSA) is 57.7 Å². The van der Waals surface area contributed by atoms with Crippen molar-refractivity contribution in [3.8, 4) is 0 Å². The first-order valence-corrected chi connectivity index (χ1v) is 11.9. The predicted molar refractivity (Wildman–Crippen MR) is 115 cm³/mol. The fourth-order valence-electron chi connectivity index (χ4n) is 5.61. The highest BCUT2D eigenvalue weighted by molar-refractivity contribution is 7.89. The van der Waals surface area contributed by atoms with Gasteiger partial charge in [0, 0.05) is 43.7 Å². The Morgan fingerprint density at radius 1 is 1.13 bits per heavy atom. The van der Waals surface area contributed by atoms with Crippen molar-refractivity contribution in [3.05, 3.63) is 29.8 Å². The van der Waals surface area contributed by atoms with Gasteiger partial charge in [-0.1, -0.05) is 19.9 Å². The van der Waals surface area contributed by atoms with Crippen LogP contribution in [0, 0.1) is 16.7 Å². The summed E-state index contributed by atoms with van der Waals surface area (Å²) in [7, 11) is -3.65. The number of anilines is 1. The van der Waals surface area contributed by atoms with E-state index in [2.05, 4.69) is 0 Å². The molecule has 0 spiro atoms. The minimum absolute atomic E-state index is 0. The van der Waals surface area contributed by atoms with Crippen molar-refractivity contribution < 1.29 is 26.4 Å². The number of fused-ring (bicyclic) bond motifs is 2. The number of carbonyl (C=O) groups excluding carboxylic acids is 1. The number of piperazine rings is 1. The lowest BCUT2D eigenvalue weighted by molar-refractivity contribution is -0.137. The van der Waals surface area contributed by atoms with E-state index in [1.54, 1.807) is 11.0 Å². The molecule has 0 N–H and O–H groups in total. The number of benzene rings is 1. The summed E-state index contributed by atoms with van der Waals surface area (Å²) in [5, 5.41) is 0. The minimum Gasteiger partial charge on any atom is -0.369 e. The van der Waals surface area contributed by atoms with E-state index >= 15 is 0 Å². The third-order valence-electron chi connectivity index (χ3n) is 7.74. The zero-order valence-corrected chi connectivity index (χ0v) is 19.2. The van der Waals surface area contributed by atoms with Crippen LogP contribution in [0.1, 0.15) is 38.7 Å². The zero-order chi connectivity index (χ0) is 21.9. The number of carbonyl (C=O) groups is 1. The number of hydrogen-bond donors (Lipinski definition) is 0. The van der Waals surface area contributed by atoms with Gasteiger partial charge in [-0.05, 0) is 42.4 Å². The second kappa shape index (κ2) is 7.92. The minimum atomic E-state index is -4.42. The molecule has 2 unspecified atom stereocenters. The van der Waals surface area contributed by atoms with Crippen molar-refractivity contribution in [2.75, 3.05) is 36.8 Å². The Bertz CT molecular complexity index is 959. The SMILES string of the molecule is CC1(C)C2CCC1(CS(=O)(=O)N1CCN(c3cccc(C(F)(F)F)c3)CC1)C(=O)C2.Cl. The first kappa shape index (κ1) is 24.3. The summed E-state index contributed by atoms with van der Waals surface area (Å²) in [6.45, 7) is 5.05. The van der Waals surface area contributed by atoms with E-state index in [0.717, 1.165) is 18.6 Å². The van der Waals surface area contributed by atoms with E-state index in [1.165, 1.54) is 10.4 Å². The van der Waals surface area contributed by atoms with Gasteiger partial charge in [-0.15, -0.1) is 12.4 Å². The molecule has 3 aliphatic rings. The van der Waals surface area contributed by atoms with Crippen LogP contribution in [0.3, 0.4) is 0 Å². The molecule has 1 saturated heterocycles. The van der Waals surface area contributed by atoms with Gasteiger partial charge in [0.05, 0.1) is 11.3 Å². The molecule has 1 aromatic rings. The maximum Gasteiger partial charge on any atom is 0.416 e. The fraction of sp³-hybridized carbons (Fsp3) is 0.667.